The smallest absolute Gasteiger partial charge is 0.159 e. The third-order valence-electron chi connectivity index (χ3n) is 3.32. The lowest BCUT2D eigenvalue weighted by Gasteiger charge is -2.16. The summed E-state index contributed by atoms with van der Waals surface area (Å²) in [6.07, 6.45) is 1.89. The molecule has 2 heterocycles. The first-order chi connectivity index (χ1) is 8.75. The number of aromatic nitrogens is 2. The van der Waals surface area contributed by atoms with Gasteiger partial charge in [-0.15, -0.1) is 0 Å². The summed E-state index contributed by atoms with van der Waals surface area (Å²) in [6.45, 7) is 4.29. The molecule has 0 spiro atoms. The fourth-order valence-electron chi connectivity index (χ4n) is 2.33. The maximum atomic E-state index is 11.4. The summed E-state index contributed by atoms with van der Waals surface area (Å²) in [5.41, 5.74) is 4.12. The Labute approximate surface area is 106 Å². The number of rotatable bonds is 2. The van der Waals surface area contributed by atoms with Crippen molar-refractivity contribution < 1.29 is 4.79 Å². The van der Waals surface area contributed by atoms with Crippen LogP contribution in [0.2, 0.25) is 0 Å². The monoisotopic (exact) mass is 241 g/mol. The Morgan fingerprint density at radius 2 is 2.33 bits per heavy atom. The third-order valence-corrected chi connectivity index (χ3v) is 3.32. The SMILES string of the molecule is CC(=O)c1cccc(-c2cnn3c2CNCC3)c1. The maximum Gasteiger partial charge on any atom is 0.159 e. The van der Waals surface area contributed by atoms with Gasteiger partial charge in [0.15, 0.2) is 5.78 Å². The van der Waals surface area contributed by atoms with Crippen molar-refractivity contribution in [2.75, 3.05) is 6.54 Å². The lowest BCUT2D eigenvalue weighted by atomic mass is 10.0. The molecular formula is C14H15N3O. The molecule has 0 saturated carbocycles. The van der Waals surface area contributed by atoms with Crippen molar-refractivity contribution in [2.45, 2.75) is 20.0 Å². The van der Waals surface area contributed by atoms with Crippen LogP contribution in [0, 0.1) is 0 Å². The van der Waals surface area contributed by atoms with E-state index in [1.165, 1.54) is 5.69 Å². The first kappa shape index (κ1) is 11.2. The first-order valence-corrected chi connectivity index (χ1v) is 6.12. The number of ketones is 1. The van der Waals surface area contributed by atoms with E-state index in [1.807, 2.05) is 35.1 Å². The molecule has 1 aliphatic rings. The average Bonchev–Trinajstić information content (AvgIpc) is 2.82. The summed E-state index contributed by atoms with van der Waals surface area (Å²) in [7, 11) is 0. The van der Waals surface area contributed by atoms with Crippen molar-refractivity contribution in [1.29, 1.82) is 0 Å². The molecule has 0 atom stereocenters. The molecule has 0 saturated heterocycles. The van der Waals surface area contributed by atoms with Gasteiger partial charge in [0.2, 0.25) is 0 Å². The van der Waals surface area contributed by atoms with E-state index >= 15 is 0 Å². The predicted molar refractivity (Wildman–Crippen MR) is 69.4 cm³/mol. The third kappa shape index (κ3) is 1.84. The zero-order chi connectivity index (χ0) is 12.5. The number of benzene rings is 1. The van der Waals surface area contributed by atoms with Gasteiger partial charge in [0.05, 0.1) is 18.4 Å². The van der Waals surface area contributed by atoms with E-state index in [0.717, 1.165) is 36.3 Å². The second kappa shape index (κ2) is 4.38. The maximum absolute atomic E-state index is 11.4. The zero-order valence-corrected chi connectivity index (χ0v) is 10.3. The molecule has 0 fully saturated rings. The van der Waals surface area contributed by atoms with Crippen molar-refractivity contribution >= 4 is 5.78 Å². The highest BCUT2D eigenvalue weighted by molar-refractivity contribution is 5.95. The van der Waals surface area contributed by atoms with Crippen molar-refractivity contribution in [2.24, 2.45) is 0 Å². The molecule has 92 valence electrons. The largest absolute Gasteiger partial charge is 0.309 e. The van der Waals surface area contributed by atoms with Gasteiger partial charge in [-0.3, -0.25) is 9.48 Å². The molecule has 0 radical (unpaired) electrons. The minimum absolute atomic E-state index is 0.0935. The fourth-order valence-corrected chi connectivity index (χ4v) is 2.33. The molecule has 3 rings (SSSR count). The average molecular weight is 241 g/mol. The van der Waals surface area contributed by atoms with Crippen LogP contribution in [0.15, 0.2) is 30.5 Å². The molecule has 0 aliphatic carbocycles. The summed E-state index contributed by atoms with van der Waals surface area (Å²) < 4.78 is 2.03. The number of hydrogen-bond acceptors (Lipinski definition) is 3. The minimum atomic E-state index is 0.0935. The van der Waals surface area contributed by atoms with Gasteiger partial charge in [0.25, 0.3) is 0 Å². The fraction of sp³-hybridized carbons (Fsp3) is 0.286. The van der Waals surface area contributed by atoms with Crippen LogP contribution in [-0.4, -0.2) is 22.1 Å². The molecule has 0 bridgehead atoms. The van der Waals surface area contributed by atoms with Gasteiger partial charge >= 0.3 is 0 Å². The summed E-state index contributed by atoms with van der Waals surface area (Å²) >= 11 is 0. The van der Waals surface area contributed by atoms with Crippen LogP contribution in [0.4, 0.5) is 0 Å². The molecule has 1 aliphatic heterocycles. The minimum Gasteiger partial charge on any atom is -0.309 e. The van der Waals surface area contributed by atoms with Crippen LogP contribution >= 0.6 is 0 Å². The van der Waals surface area contributed by atoms with E-state index in [1.54, 1.807) is 6.92 Å². The molecule has 1 aromatic carbocycles. The summed E-state index contributed by atoms with van der Waals surface area (Å²) in [4.78, 5) is 11.4. The molecule has 1 N–H and O–H groups in total. The number of carbonyl (C=O) groups excluding carboxylic acids is 1. The molecule has 4 nitrogen and oxygen atoms in total. The van der Waals surface area contributed by atoms with Crippen LogP contribution in [0.3, 0.4) is 0 Å². The quantitative estimate of drug-likeness (QED) is 0.816. The van der Waals surface area contributed by atoms with Crippen LogP contribution < -0.4 is 5.32 Å². The Morgan fingerprint density at radius 3 is 3.17 bits per heavy atom. The molecule has 4 heteroatoms. The number of hydrogen-bond donors (Lipinski definition) is 1. The number of nitrogens with one attached hydrogen (secondary N) is 1. The molecule has 0 unspecified atom stereocenters. The Bertz CT molecular complexity index is 601. The highest BCUT2D eigenvalue weighted by atomic mass is 16.1. The van der Waals surface area contributed by atoms with E-state index in [-0.39, 0.29) is 5.78 Å². The molecule has 2 aromatic rings. The Morgan fingerprint density at radius 1 is 1.44 bits per heavy atom. The summed E-state index contributed by atoms with van der Waals surface area (Å²) in [5, 5.41) is 7.75. The second-order valence-electron chi connectivity index (χ2n) is 4.54. The zero-order valence-electron chi connectivity index (χ0n) is 10.3. The van der Waals surface area contributed by atoms with Crippen molar-refractivity contribution in [3.05, 3.63) is 41.7 Å². The highest BCUT2D eigenvalue weighted by Crippen LogP contribution is 2.25. The number of nitrogens with zero attached hydrogens (tertiary/aromatic N) is 2. The lowest BCUT2D eigenvalue weighted by Crippen LogP contribution is -2.28. The highest BCUT2D eigenvalue weighted by Gasteiger charge is 2.15. The normalized spacial score (nSPS) is 14.3. The van der Waals surface area contributed by atoms with Gasteiger partial charge in [-0.1, -0.05) is 18.2 Å². The van der Waals surface area contributed by atoms with Crippen LogP contribution in [0.25, 0.3) is 11.1 Å². The van der Waals surface area contributed by atoms with Gasteiger partial charge in [-0.25, -0.2) is 0 Å². The molecule has 18 heavy (non-hydrogen) atoms. The van der Waals surface area contributed by atoms with Crippen LogP contribution in [0.1, 0.15) is 23.0 Å². The predicted octanol–water partition coefficient (Wildman–Crippen LogP) is 1.86. The van der Waals surface area contributed by atoms with Gasteiger partial charge in [-0.05, 0) is 18.6 Å². The first-order valence-electron chi connectivity index (χ1n) is 6.12. The molecule has 0 amide bonds. The Hall–Kier alpha value is -1.94. The van der Waals surface area contributed by atoms with Gasteiger partial charge in [0, 0.05) is 24.2 Å². The molecule has 1 aromatic heterocycles. The van der Waals surface area contributed by atoms with E-state index in [4.69, 9.17) is 0 Å². The van der Waals surface area contributed by atoms with E-state index in [0.29, 0.717) is 0 Å². The van der Waals surface area contributed by atoms with E-state index in [9.17, 15) is 4.79 Å². The Kier molecular flexibility index (Phi) is 2.72. The Balaban J connectivity index is 2.07. The van der Waals surface area contributed by atoms with Gasteiger partial charge in [0.1, 0.15) is 0 Å². The summed E-state index contributed by atoms with van der Waals surface area (Å²) in [5.74, 6) is 0.0935. The van der Waals surface area contributed by atoms with Crippen LogP contribution in [0.5, 0.6) is 0 Å². The lowest BCUT2D eigenvalue weighted by molar-refractivity contribution is 0.101. The van der Waals surface area contributed by atoms with Crippen molar-refractivity contribution in [1.82, 2.24) is 15.1 Å². The number of carbonyl (C=O) groups is 1. The van der Waals surface area contributed by atoms with Crippen LogP contribution in [-0.2, 0) is 13.1 Å². The van der Waals surface area contributed by atoms with Crippen molar-refractivity contribution in [3.63, 3.8) is 0 Å². The number of fused-ring (bicyclic) bond motifs is 1. The number of Topliss-reactive ketones (excluding diaryl/α,β-unsaturated/α-hetero) is 1. The topological polar surface area (TPSA) is 46.9 Å². The van der Waals surface area contributed by atoms with E-state index < -0.39 is 0 Å². The molecular weight excluding hydrogens is 226 g/mol. The van der Waals surface area contributed by atoms with Crippen molar-refractivity contribution in [3.8, 4) is 11.1 Å². The summed E-state index contributed by atoms with van der Waals surface area (Å²) in [6, 6.07) is 7.74. The van der Waals surface area contributed by atoms with Gasteiger partial charge < -0.3 is 5.32 Å². The van der Waals surface area contributed by atoms with Gasteiger partial charge in [-0.2, -0.15) is 5.10 Å². The standard InChI is InChI=1S/C14H15N3O/c1-10(18)11-3-2-4-12(7-11)13-8-16-17-6-5-15-9-14(13)17/h2-4,7-8,15H,5-6,9H2,1H3. The second-order valence-corrected chi connectivity index (χ2v) is 4.54. The van der Waals surface area contributed by atoms with E-state index in [2.05, 4.69) is 10.4 Å².